The Hall–Kier alpha value is -2.47. The average Bonchev–Trinajstić information content (AvgIpc) is 3.00. The smallest absolute Gasteiger partial charge is 0.194 e. The van der Waals surface area contributed by atoms with Crippen LogP contribution in [0, 0.1) is 0 Å². The number of nitrogens with two attached hydrogens (primary N) is 2. The van der Waals surface area contributed by atoms with E-state index in [0.29, 0.717) is 36.8 Å². The molecule has 178 valence electrons. The minimum absolute atomic E-state index is 0. The monoisotopic (exact) mass is 488 g/mol. The fraction of sp³-hybridized carbons (Fsp3) is 0.222. The largest absolute Gasteiger partial charge is 0.412 e. The molecule has 0 saturated carbocycles. The van der Waals surface area contributed by atoms with Crippen LogP contribution in [0.5, 0.6) is 0 Å². The Morgan fingerprint density at radius 3 is 1.21 bits per heavy atom. The maximum absolute atomic E-state index is 13.3. The molecule has 3 rings (SSSR count). The van der Waals surface area contributed by atoms with Gasteiger partial charge in [-0.15, -0.1) is 51.1 Å². The van der Waals surface area contributed by atoms with Gasteiger partial charge in [-0.3, -0.25) is 4.79 Å². The van der Waals surface area contributed by atoms with Crippen molar-refractivity contribution >= 4 is 30.6 Å². The fourth-order valence-electron chi connectivity index (χ4n) is 4.37. The van der Waals surface area contributed by atoms with Crippen LogP contribution in [0.15, 0.2) is 87.0 Å². The minimum atomic E-state index is -0.626. The molecule has 6 N–H and O–H groups in total. The molecule has 0 aliphatic heterocycles. The summed E-state index contributed by atoms with van der Waals surface area (Å²) in [4.78, 5) is 13.3. The molecular weight excluding hydrogens is 455 g/mol. The van der Waals surface area contributed by atoms with E-state index in [2.05, 4.69) is 26.3 Å². The molecule has 0 amide bonds. The zero-order valence-corrected chi connectivity index (χ0v) is 20.4. The highest BCUT2D eigenvalue weighted by Crippen LogP contribution is 2.41. The predicted molar refractivity (Wildman–Crippen MR) is 144 cm³/mol. The number of carbonyl (C=O) groups is 1. The van der Waals surface area contributed by atoms with Crippen LogP contribution >= 0.6 is 24.8 Å². The summed E-state index contributed by atoms with van der Waals surface area (Å²) in [6, 6.07) is 11.8. The number of benzene rings is 2. The van der Waals surface area contributed by atoms with Crippen LogP contribution in [-0.4, -0.2) is 11.3 Å². The summed E-state index contributed by atoms with van der Waals surface area (Å²) in [5.74, 6) is 0.00260. The Morgan fingerprint density at radius 2 is 0.939 bits per heavy atom. The quantitative estimate of drug-likeness (QED) is 0.366. The van der Waals surface area contributed by atoms with Crippen molar-refractivity contribution in [2.24, 2.45) is 11.5 Å². The van der Waals surface area contributed by atoms with E-state index in [1.165, 1.54) is 0 Å². The van der Waals surface area contributed by atoms with Crippen molar-refractivity contribution in [3.8, 4) is 11.1 Å². The van der Waals surface area contributed by atoms with Gasteiger partial charge >= 0.3 is 0 Å². The first-order valence-electron chi connectivity index (χ1n) is 10.2. The van der Waals surface area contributed by atoms with E-state index in [1.807, 2.05) is 36.4 Å². The molecule has 0 aromatic heterocycles. The Bertz CT molecular complexity index is 945. The van der Waals surface area contributed by atoms with E-state index < -0.39 is 11.1 Å². The van der Waals surface area contributed by atoms with Crippen LogP contribution in [0.2, 0.25) is 0 Å². The van der Waals surface area contributed by atoms with Crippen molar-refractivity contribution in [2.45, 2.75) is 36.8 Å². The summed E-state index contributed by atoms with van der Waals surface area (Å²) in [6.45, 7) is 15.3. The SMILES string of the molecule is C=CCC(N)(CC=C)c1ccc2c(c1)C(=O)c1cc(C(N)(CC=C)CC=C)ccc1-2.Cl.Cl.O. The van der Waals surface area contributed by atoms with E-state index in [0.717, 1.165) is 22.3 Å². The summed E-state index contributed by atoms with van der Waals surface area (Å²) < 4.78 is 0. The molecule has 0 atom stereocenters. The molecule has 4 nitrogen and oxygen atoms in total. The number of fused-ring (bicyclic) bond motifs is 3. The van der Waals surface area contributed by atoms with Gasteiger partial charge in [0.1, 0.15) is 0 Å². The molecule has 0 heterocycles. The number of carbonyl (C=O) groups excluding carboxylic acids is 1. The third-order valence-corrected chi connectivity index (χ3v) is 6.00. The number of halogens is 2. The maximum Gasteiger partial charge on any atom is 0.194 e. The molecule has 0 unspecified atom stereocenters. The number of ketones is 1. The lowest BCUT2D eigenvalue weighted by molar-refractivity contribution is 0.104. The van der Waals surface area contributed by atoms with Crippen LogP contribution in [0.25, 0.3) is 11.1 Å². The number of rotatable bonds is 10. The van der Waals surface area contributed by atoms with Gasteiger partial charge in [-0.2, -0.15) is 0 Å². The molecule has 33 heavy (non-hydrogen) atoms. The first kappa shape index (κ1) is 30.5. The summed E-state index contributed by atoms with van der Waals surface area (Å²) in [7, 11) is 0. The zero-order valence-electron chi connectivity index (χ0n) is 18.8. The van der Waals surface area contributed by atoms with Gasteiger partial charge in [0.05, 0.1) is 0 Å². The molecule has 2 aromatic carbocycles. The average molecular weight is 489 g/mol. The molecule has 0 radical (unpaired) electrons. The molecule has 0 saturated heterocycles. The zero-order chi connectivity index (χ0) is 21.9. The second-order valence-electron chi connectivity index (χ2n) is 8.13. The van der Waals surface area contributed by atoms with Gasteiger partial charge in [0, 0.05) is 22.2 Å². The highest BCUT2D eigenvalue weighted by molar-refractivity contribution is 6.21. The molecular formula is C27H34Cl2N2O2. The minimum Gasteiger partial charge on any atom is -0.412 e. The van der Waals surface area contributed by atoms with Crippen LogP contribution in [-0.2, 0) is 11.1 Å². The third kappa shape index (κ3) is 5.55. The highest BCUT2D eigenvalue weighted by Gasteiger charge is 2.33. The summed E-state index contributed by atoms with van der Waals surface area (Å²) >= 11 is 0. The van der Waals surface area contributed by atoms with Crippen molar-refractivity contribution in [3.63, 3.8) is 0 Å². The Balaban J connectivity index is 0.00000341. The van der Waals surface area contributed by atoms with E-state index in [9.17, 15) is 4.79 Å². The van der Waals surface area contributed by atoms with Crippen molar-refractivity contribution in [1.82, 2.24) is 0 Å². The Labute approximate surface area is 209 Å². The van der Waals surface area contributed by atoms with Gasteiger partial charge in [-0.05, 0) is 60.1 Å². The third-order valence-electron chi connectivity index (χ3n) is 6.00. The van der Waals surface area contributed by atoms with Crippen LogP contribution in [0.4, 0.5) is 0 Å². The second-order valence-corrected chi connectivity index (χ2v) is 8.13. The van der Waals surface area contributed by atoms with Gasteiger partial charge in [-0.1, -0.05) is 48.6 Å². The van der Waals surface area contributed by atoms with Crippen LogP contribution in [0.3, 0.4) is 0 Å². The summed E-state index contributed by atoms with van der Waals surface area (Å²) in [6.07, 6.45) is 9.62. The van der Waals surface area contributed by atoms with E-state index >= 15 is 0 Å². The Kier molecular flexibility index (Phi) is 11.2. The lowest BCUT2D eigenvalue weighted by atomic mass is 9.83. The molecule has 1 aliphatic carbocycles. The standard InChI is InChI=1S/C27H30N2O.2ClH.H2O/c1-5-13-26(28,14-6-2)19-9-11-21-22-12-10-20(27(29,15-7-3)16-8-4)18-24(22)25(30)23(21)17-19;;;/h5-12,17-18H,1-4,13-16,28-29H2;2*1H;1H2. The summed E-state index contributed by atoms with van der Waals surface area (Å²) in [5, 5.41) is 0. The van der Waals surface area contributed by atoms with E-state index in [4.69, 9.17) is 11.5 Å². The van der Waals surface area contributed by atoms with Gasteiger partial charge in [0.2, 0.25) is 0 Å². The molecule has 0 bridgehead atoms. The van der Waals surface area contributed by atoms with Crippen LogP contribution in [0.1, 0.15) is 52.7 Å². The molecule has 0 spiro atoms. The van der Waals surface area contributed by atoms with Gasteiger partial charge < -0.3 is 16.9 Å². The molecule has 6 heteroatoms. The molecule has 2 aromatic rings. The number of hydrogen-bond donors (Lipinski definition) is 2. The van der Waals surface area contributed by atoms with Crippen molar-refractivity contribution in [3.05, 3.63) is 109 Å². The van der Waals surface area contributed by atoms with E-state index in [1.54, 1.807) is 24.3 Å². The van der Waals surface area contributed by atoms with E-state index in [-0.39, 0.29) is 36.1 Å². The fourth-order valence-corrected chi connectivity index (χ4v) is 4.37. The lowest BCUT2D eigenvalue weighted by Gasteiger charge is -2.28. The predicted octanol–water partition coefficient (Wildman–Crippen LogP) is 5.53. The maximum atomic E-state index is 13.3. The van der Waals surface area contributed by atoms with Crippen LogP contribution < -0.4 is 11.5 Å². The molecule has 1 aliphatic rings. The topological polar surface area (TPSA) is 101 Å². The van der Waals surface area contributed by atoms with Gasteiger partial charge in [0.25, 0.3) is 0 Å². The highest BCUT2D eigenvalue weighted by atomic mass is 35.5. The Morgan fingerprint density at radius 1 is 0.636 bits per heavy atom. The second kappa shape index (κ2) is 12.1. The summed E-state index contributed by atoms with van der Waals surface area (Å²) in [5.41, 5.74) is 17.1. The normalized spacial score (nSPS) is 11.6. The first-order chi connectivity index (χ1) is 14.3. The van der Waals surface area contributed by atoms with Crippen molar-refractivity contribution in [2.75, 3.05) is 0 Å². The van der Waals surface area contributed by atoms with Crippen molar-refractivity contribution in [1.29, 1.82) is 0 Å². The van der Waals surface area contributed by atoms with Crippen molar-refractivity contribution < 1.29 is 10.3 Å². The van der Waals surface area contributed by atoms with Gasteiger partial charge in [0.15, 0.2) is 5.78 Å². The molecule has 0 fully saturated rings. The van der Waals surface area contributed by atoms with Gasteiger partial charge in [-0.25, -0.2) is 0 Å². The first-order valence-corrected chi connectivity index (χ1v) is 10.2. The number of hydrogen-bond acceptors (Lipinski definition) is 3. The lowest BCUT2D eigenvalue weighted by Crippen LogP contribution is -2.35.